The smallest absolute Gasteiger partial charge is 0.251 e. The minimum Gasteiger partial charge on any atom is -0.383 e. The van der Waals surface area contributed by atoms with Crippen molar-refractivity contribution in [2.75, 3.05) is 26.8 Å². The number of fused-ring (bicyclic) bond motifs is 1. The van der Waals surface area contributed by atoms with Gasteiger partial charge in [-0.2, -0.15) is 0 Å². The number of carbonyl (C=O) groups is 1. The van der Waals surface area contributed by atoms with Crippen molar-refractivity contribution >= 4 is 35.8 Å². The molecule has 116 valence electrons. The zero-order valence-corrected chi connectivity index (χ0v) is 14.3. The number of hydrogen-bond donors (Lipinski definition) is 3. The van der Waals surface area contributed by atoms with Crippen LogP contribution in [0.5, 0.6) is 0 Å². The van der Waals surface area contributed by atoms with Crippen molar-refractivity contribution < 1.29 is 9.53 Å². The number of amides is 1. The Kier molecular flexibility index (Phi) is 7.44. The molecule has 1 aromatic rings. The van der Waals surface area contributed by atoms with Gasteiger partial charge in [0.15, 0.2) is 5.96 Å². The molecule has 4 N–H and O–H groups in total. The second-order valence-electron chi connectivity index (χ2n) is 4.62. The lowest BCUT2D eigenvalue weighted by Crippen LogP contribution is -2.34. The van der Waals surface area contributed by atoms with Gasteiger partial charge in [-0.05, 0) is 23.6 Å². The van der Waals surface area contributed by atoms with E-state index in [1.54, 1.807) is 7.11 Å². The van der Waals surface area contributed by atoms with Crippen LogP contribution in [0.1, 0.15) is 21.5 Å². The number of aliphatic imine (C=N–C) groups is 1. The normalized spacial score (nSPS) is 14.0. The van der Waals surface area contributed by atoms with E-state index in [9.17, 15) is 4.79 Å². The lowest BCUT2D eigenvalue weighted by atomic mass is 9.98. The molecule has 0 saturated heterocycles. The van der Waals surface area contributed by atoms with E-state index in [-0.39, 0.29) is 29.9 Å². The maximum atomic E-state index is 11.8. The number of halogens is 1. The third kappa shape index (κ3) is 5.16. The van der Waals surface area contributed by atoms with Crippen molar-refractivity contribution in [2.45, 2.75) is 13.0 Å². The largest absolute Gasteiger partial charge is 0.383 e. The van der Waals surface area contributed by atoms with E-state index < -0.39 is 0 Å². The van der Waals surface area contributed by atoms with Crippen LogP contribution in [0, 0.1) is 0 Å². The van der Waals surface area contributed by atoms with Crippen LogP contribution < -0.4 is 16.4 Å². The summed E-state index contributed by atoms with van der Waals surface area (Å²) in [6, 6.07) is 5.87. The number of ether oxygens (including phenoxy) is 1. The number of rotatable bonds is 5. The highest BCUT2D eigenvalue weighted by Gasteiger charge is 2.16. The van der Waals surface area contributed by atoms with Crippen LogP contribution in [0.25, 0.3) is 0 Å². The van der Waals surface area contributed by atoms with Gasteiger partial charge in [0, 0.05) is 25.8 Å². The second kappa shape index (κ2) is 8.83. The van der Waals surface area contributed by atoms with Gasteiger partial charge in [0.2, 0.25) is 0 Å². The third-order valence-electron chi connectivity index (χ3n) is 3.14. The molecule has 21 heavy (non-hydrogen) atoms. The van der Waals surface area contributed by atoms with E-state index in [1.165, 1.54) is 0 Å². The number of benzene rings is 1. The molecule has 2 rings (SSSR count). The molecular formula is C14H21IN4O2. The Balaban J connectivity index is 0.00000220. The minimum atomic E-state index is -0.0109. The predicted molar refractivity (Wildman–Crippen MR) is 93.1 cm³/mol. The van der Waals surface area contributed by atoms with Crippen molar-refractivity contribution in [3.05, 3.63) is 34.9 Å². The fourth-order valence-corrected chi connectivity index (χ4v) is 2.07. The van der Waals surface area contributed by atoms with Crippen LogP contribution in [-0.2, 0) is 17.7 Å². The first-order valence-corrected chi connectivity index (χ1v) is 6.63. The lowest BCUT2D eigenvalue weighted by molar-refractivity contribution is 0.0946. The predicted octanol–water partition coefficient (Wildman–Crippen LogP) is 0.641. The summed E-state index contributed by atoms with van der Waals surface area (Å²) in [5, 5.41) is 5.79. The van der Waals surface area contributed by atoms with Gasteiger partial charge in [-0.1, -0.05) is 12.1 Å². The number of guanidine groups is 1. The van der Waals surface area contributed by atoms with Gasteiger partial charge in [0.1, 0.15) is 0 Å². The molecule has 0 saturated carbocycles. The molecule has 0 aromatic heterocycles. The standard InChI is InChI=1S/C14H20N4O2.HI/c1-20-7-6-17-14(15)18-9-10-2-3-11-4-5-16-13(19)12(11)8-10;/h2-3,8H,4-7,9H2,1H3,(H,16,19)(H3,15,17,18);1H. The summed E-state index contributed by atoms with van der Waals surface area (Å²) in [4.78, 5) is 16.0. The van der Waals surface area contributed by atoms with E-state index in [1.807, 2.05) is 18.2 Å². The summed E-state index contributed by atoms with van der Waals surface area (Å²) in [5.41, 5.74) is 8.54. The van der Waals surface area contributed by atoms with E-state index in [4.69, 9.17) is 10.5 Å². The summed E-state index contributed by atoms with van der Waals surface area (Å²) in [7, 11) is 1.63. The molecule has 0 aliphatic carbocycles. The number of nitrogens with one attached hydrogen (secondary N) is 2. The first-order chi connectivity index (χ1) is 9.70. The summed E-state index contributed by atoms with van der Waals surface area (Å²) >= 11 is 0. The van der Waals surface area contributed by atoms with Crippen molar-refractivity contribution in [2.24, 2.45) is 10.7 Å². The molecule has 1 amide bonds. The van der Waals surface area contributed by atoms with E-state index in [2.05, 4.69) is 15.6 Å². The van der Waals surface area contributed by atoms with Gasteiger partial charge in [-0.25, -0.2) is 4.99 Å². The number of methoxy groups -OCH3 is 1. The van der Waals surface area contributed by atoms with Crippen LogP contribution in [0.3, 0.4) is 0 Å². The average molecular weight is 404 g/mol. The first kappa shape index (κ1) is 17.7. The number of nitrogens with zero attached hydrogens (tertiary/aromatic N) is 1. The number of hydrogen-bond acceptors (Lipinski definition) is 3. The molecule has 0 radical (unpaired) electrons. The Hall–Kier alpha value is -1.35. The quantitative estimate of drug-likeness (QED) is 0.291. The molecule has 0 atom stereocenters. The highest BCUT2D eigenvalue weighted by atomic mass is 127. The third-order valence-corrected chi connectivity index (χ3v) is 3.14. The van der Waals surface area contributed by atoms with Gasteiger partial charge in [0.05, 0.1) is 13.2 Å². The zero-order chi connectivity index (χ0) is 14.4. The summed E-state index contributed by atoms with van der Waals surface area (Å²) < 4.78 is 4.91. The molecule has 7 heteroatoms. The maximum Gasteiger partial charge on any atom is 0.251 e. The van der Waals surface area contributed by atoms with Gasteiger partial charge in [-0.15, -0.1) is 24.0 Å². The summed E-state index contributed by atoms with van der Waals surface area (Å²) in [6.45, 7) is 2.36. The number of carbonyl (C=O) groups excluding carboxylic acids is 1. The Morgan fingerprint density at radius 3 is 3.10 bits per heavy atom. The van der Waals surface area contributed by atoms with Gasteiger partial charge in [-0.3, -0.25) is 4.79 Å². The first-order valence-electron chi connectivity index (χ1n) is 6.63. The molecule has 1 aliphatic rings. The average Bonchev–Trinajstić information content (AvgIpc) is 2.46. The molecule has 1 aliphatic heterocycles. The molecule has 6 nitrogen and oxygen atoms in total. The van der Waals surface area contributed by atoms with Gasteiger partial charge >= 0.3 is 0 Å². The molecule has 0 unspecified atom stereocenters. The maximum absolute atomic E-state index is 11.8. The highest BCUT2D eigenvalue weighted by molar-refractivity contribution is 14.0. The Morgan fingerprint density at radius 2 is 2.33 bits per heavy atom. The fraction of sp³-hybridized carbons (Fsp3) is 0.429. The van der Waals surface area contributed by atoms with Crippen molar-refractivity contribution in [3.8, 4) is 0 Å². The number of nitrogens with two attached hydrogens (primary N) is 1. The van der Waals surface area contributed by atoms with Crippen LogP contribution in [0.4, 0.5) is 0 Å². The van der Waals surface area contributed by atoms with Crippen LogP contribution in [0.15, 0.2) is 23.2 Å². The topological polar surface area (TPSA) is 88.7 Å². The SMILES string of the molecule is COCCNC(N)=NCc1ccc2c(c1)C(=O)NCC2.I. The highest BCUT2D eigenvalue weighted by Crippen LogP contribution is 2.16. The van der Waals surface area contributed by atoms with E-state index >= 15 is 0 Å². The zero-order valence-electron chi connectivity index (χ0n) is 12.0. The summed E-state index contributed by atoms with van der Waals surface area (Å²) in [6.07, 6.45) is 0.880. The monoisotopic (exact) mass is 404 g/mol. The molecular weight excluding hydrogens is 383 g/mol. The fourth-order valence-electron chi connectivity index (χ4n) is 2.07. The summed E-state index contributed by atoms with van der Waals surface area (Å²) in [5.74, 6) is 0.368. The van der Waals surface area contributed by atoms with E-state index in [0.29, 0.717) is 32.2 Å². The molecule has 0 fully saturated rings. The van der Waals surface area contributed by atoms with Crippen molar-refractivity contribution in [1.29, 1.82) is 0 Å². The molecule has 0 bridgehead atoms. The van der Waals surface area contributed by atoms with Crippen LogP contribution in [0.2, 0.25) is 0 Å². The van der Waals surface area contributed by atoms with Crippen LogP contribution >= 0.6 is 24.0 Å². The van der Waals surface area contributed by atoms with Crippen LogP contribution in [-0.4, -0.2) is 38.7 Å². The Labute approximate surface area is 141 Å². The van der Waals surface area contributed by atoms with Crippen molar-refractivity contribution in [1.82, 2.24) is 10.6 Å². The van der Waals surface area contributed by atoms with Gasteiger partial charge in [0.25, 0.3) is 5.91 Å². The molecule has 1 heterocycles. The van der Waals surface area contributed by atoms with Crippen molar-refractivity contribution in [3.63, 3.8) is 0 Å². The second-order valence-corrected chi connectivity index (χ2v) is 4.62. The molecule has 0 spiro atoms. The Bertz CT molecular complexity index is 520. The Morgan fingerprint density at radius 1 is 1.52 bits per heavy atom. The molecule has 1 aromatic carbocycles. The lowest BCUT2D eigenvalue weighted by Gasteiger charge is -2.16. The van der Waals surface area contributed by atoms with E-state index in [0.717, 1.165) is 23.1 Å². The van der Waals surface area contributed by atoms with Gasteiger partial charge < -0.3 is 21.1 Å². The minimum absolute atomic E-state index is 0.